The van der Waals surface area contributed by atoms with Gasteiger partial charge in [0.15, 0.2) is 5.75 Å². The van der Waals surface area contributed by atoms with E-state index < -0.39 is 0 Å². The van der Waals surface area contributed by atoms with Crippen molar-refractivity contribution in [1.29, 1.82) is 0 Å². The first-order valence-corrected chi connectivity index (χ1v) is 7.31. The number of carbonyl (C=O) groups excluding carboxylic acids is 1. The van der Waals surface area contributed by atoms with Gasteiger partial charge in [0.2, 0.25) is 0 Å². The molecule has 1 aromatic rings. The fourth-order valence-electron chi connectivity index (χ4n) is 2.24. The number of aliphatic hydroxyl groups excluding tert-OH is 1. The Morgan fingerprint density at radius 1 is 1.24 bits per heavy atom. The Morgan fingerprint density at radius 2 is 1.95 bits per heavy atom. The van der Waals surface area contributed by atoms with E-state index in [-0.39, 0.29) is 17.8 Å². The Balaban J connectivity index is 2.22. The fourth-order valence-corrected chi connectivity index (χ4v) is 2.24. The first-order valence-electron chi connectivity index (χ1n) is 7.31. The normalized spacial score (nSPS) is 13.5. The van der Waals surface area contributed by atoms with Crippen LogP contribution in [0.15, 0.2) is 24.3 Å². The molecule has 118 valence electrons. The number of hydrogen-bond acceptors (Lipinski definition) is 5. The maximum absolute atomic E-state index is 11.7. The number of unbranched alkanes of at least 4 members (excludes halogenated alkanes) is 1. The van der Waals surface area contributed by atoms with Crippen molar-refractivity contribution in [1.82, 2.24) is 0 Å². The van der Waals surface area contributed by atoms with Gasteiger partial charge < -0.3 is 14.7 Å². The lowest BCUT2D eigenvalue weighted by Crippen LogP contribution is -2.09. The molecule has 0 radical (unpaired) electrons. The van der Waals surface area contributed by atoms with Gasteiger partial charge in [0.1, 0.15) is 5.75 Å². The molecule has 2 N–H and O–H groups in total. The van der Waals surface area contributed by atoms with Crippen molar-refractivity contribution < 1.29 is 24.8 Å². The monoisotopic (exact) mass is 296 g/mol. The highest BCUT2D eigenvalue weighted by Gasteiger charge is 2.08. The molecule has 0 bridgehead atoms. The van der Waals surface area contributed by atoms with Crippen LogP contribution in [0, 0.1) is 5.92 Å². The van der Waals surface area contributed by atoms with E-state index in [9.17, 15) is 9.90 Å². The van der Waals surface area contributed by atoms with Crippen molar-refractivity contribution in [3.63, 3.8) is 0 Å². The first-order chi connectivity index (χ1) is 10.0. The van der Waals surface area contributed by atoms with Gasteiger partial charge in [-0.25, -0.2) is 5.26 Å². The molecule has 0 heterocycles. The summed E-state index contributed by atoms with van der Waals surface area (Å²) in [6, 6.07) is 6.26. The van der Waals surface area contributed by atoms with Gasteiger partial charge in [0.25, 0.3) is 0 Å². The van der Waals surface area contributed by atoms with Crippen LogP contribution >= 0.6 is 0 Å². The van der Waals surface area contributed by atoms with E-state index in [1.165, 1.54) is 6.07 Å². The van der Waals surface area contributed by atoms with E-state index in [2.05, 4.69) is 11.8 Å². The molecule has 0 saturated carbocycles. The number of ether oxygens (including phenoxy) is 1. The smallest absolute Gasteiger partial charge is 0.311 e. The lowest BCUT2D eigenvalue weighted by molar-refractivity contribution is -0.138. The molecule has 5 heteroatoms. The summed E-state index contributed by atoms with van der Waals surface area (Å²) in [5.74, 6) is 0.744. The van der Waals surface area contributed by atoms with Crippen molar-refractivity contribution in [3.05, 3.63) is 24.3 Å². The summed E-state index contributed by atoms with van der Waals surface area (Å²) in [5, 5.41) is 17.8. The van der Waals surface area contributed by atoms with Crippen molar-refractivity contribution in [3.8, 4) is 11.5 Å². The van der Waals surface area contributed by atoms with Crippen molar-refractivity contribution >= 4 is 5.97 Å². The van der Waals surface area contributed by atoms with Crippen LogP contribution in [0.3, 0.4) is 0 Å². The highest BCUT2D eigenvalue weighted by molar-refractivity contribution is 5.72. The van der Waals surface area contributed by atoms with Gasteiger partial charge in [-0.3, -0.25) is 4.79 Å². The van der Waals surface area contributed by atoms with Gasteiger partial charge in [-0.1, -0.05) is 25.8 Å². The van der Waals surface area contributed by atoms with E-state index >= 15 is 0 Å². The van der Waals surface area contributed by atoms with Crippen LogP contribution in [-0.4, -0.2) is 22.4 Å². The molecular weight excluding hydrogens is 272 g/mol. The fraction of sp³-hybridized carbons (Fsp3) is 0.562. The second-order valence-electron chi connectivity index (χ2n) is 5.48. The minimum atomic E-state index is -0.298. The van der Waals surface area contributed by atoms with Crippen LogP contribution in [-0.2, 0) is 4.79 Å². The third-order valence-electron chi connectivity index (χ3n) is 3.21. The maximum atomic E-state index is 11.7. The summed E-state index contributed by atoms with van der Waals surface area (Å²) in [7, 11) is 0. The minimum absolute atomic E-state index is 0.229. The molecule has 0 saturated heterocycles. The van der Waals surface area contributed by atoms with E-state index in [0.717, 1.165) is 25.7 Å². The largest absolute Gasteiger partial charge is 0.426 e. The van der Waals surface area contributed by atoms with Crippen LogP contribution < -0.4 is 9.62 Å². The number of carbonyl (C=O) groups is 1. The van der Waals surface area contributed by atoms with Crippen LogP contribution in [0.2, 0.25) is 0 Å². The van der Waals surface area contributed by atoms with Crippen LogP contribution in [0.4, 0.5) is 0 Å². The molecule has 0 spiro atoms. The van der Waals surface area contributed by atoms with Gasteiger partial charge in [0.05, 0.1) is 6.10 Å². The van der Waals surface area contributed by atoms with Gasteiger partial charge in [0, 0.05) is 12.5 Å². The third kappa shape index (κ3) is 7.68. The number of aliphatic hydroxyl groups is 1. The van der Waals surface area contributed by atoms with E-state index in [1.54, 1.807) is 25.1 Å². The summed E-state index contributed by atoms with van der Waals surface area (Å²) in [6.07, 6.45) is 3.56. The zero-order valence-electron chi connectivity index (χ0n) is 12.6. The maximum Gasteiger partial charge on any atom is 0.311 e. The molecule has 1 aromatic carbocycles. The number of benzene rings is 1. The molecule has 5 nitrogen and oxygen atoms in total. The van der Waals surface area contributed by atoms with Gasteiger partial charge in [-0.15, -0.1) is 0 Å². The standard InChI is InChI=1S/C16H24O5/c1-12(10-13(2)17)6-3-4-9-16(18)20-14-7-5-8-15(11-14)21-19/h5,7-8,11-13,17,19H,3-4,6,9-10H2,1-2H3. The number of rotatable bonds is 9. The lowest BCUT2D eigenvalue weighted by atomic mass is 9.97. The Morgan fingerprint density at radius 3 is 2.62 bits per heavy atom. The van der Waals surface area contributed by atoms with Crippen LogP contribution in [0.1, 0.15) is 46.0 Å². The zero-order valence-corrected chi connectivity index (χ0v) is 12.6. The molecule has 0 aliphatic heterocycles. The Hall–Kier alpha value is -1.59. The lowest BCUT2D eigenvalue weighted by Gasteiger charge is -2.12. The number of esters is 1. The van der Waals surface area contributed by atoms with Gasteiger partial charge in [-0.05, 0) is 37.8 Å². The summed E-state index contributed by atoms with van der Waals surface area (Å²) >= 11 is 0. The van der Waals surface area contributed by atoms with Gasteiger partial charge in [-0.2, -0.15) is 0 Å². The van der Waals surface area contributed by atoms with E-state index in [0.29, 0.717) is 18.1 Å². The van der Waals surface area contributed by atoms with Crippen LogP contribution in [0.25, 0.3) is 0 Å². The summed E-state index contributed by atoms with van der Waals surface area (Å²) < 4.78 is 5.16. The molecule has 2 atom stereocenters. The predicted molar refractivity (Wildman–Crippen MR) is 79.3 cm³/mol. The molecule has 0 amide bonds. The Labute approximate surface area is 125 Å². The molecule has 0 aliphatic carbocycles. The van der Waals surface area contributed by atoms with Gasteiger partial charge >= 0.3 is 5.97 Å². The van der Waals surface area contributed by atoms with Crippen molar-refractivity contribution in [2.75, 3.05) is 0 Å². The Bertz CT molecular complexity index is 430. The zero-order chi connectivity index (χ0) is 15.7. The molecule has 2 unspecified atom stereocenters. The second kappa shape index (κ2) is 9.37. The second-order valence-corrected chi connectivity index (χ2v) is 5.48. The Kier molecular flexibility index (Phi) is 7.79. The van der Waals surface area contributed by atoms with E-state index in [1.807, 2.05) is 0 Å². The minimum Gasteiger partial charge on any atom is -0.426 e. The van der Waals surface area contributed by atoms with Crippen LogP contribution in [0.5, 0.6) is 11.5 Å². The highest BCUT2D eigenvalue weighted by Crippen LogP contribution is 2.20. The first kappa shape index (κ1) is 17.5. The van der Waals surface area contributed by atoms with Crippen molar-refractivity contribution in [2.24, 2.45) is 5.92 Å². The summed E-state index contributed by atoms with van der Waals surface area (Å²) in [5.41, 5.74) is 0. The topological polar surface area (TPSA) is 76.0 Å². The van der Waals surface area contributed by atoms with Crippen molar-refractivity contribution in [2.45, 2.75) is 52.1 Å². The molecular formula is C16H24O5. The molecule has 0 aromatic heterocycles. The molecule has 0 fully saturated rings. The third-order valence-corrected chi connectivity index (χ3v) is 3.21. The number of hydrogen-bond donors (Lipinski definition) is 2. The molecule has 21 heavy (non-hydrogen) atoms. The van der Waals surface area contributed by atoms with E-state index in [4.69, 9.17) is 9.99 Å². The average molecular weight is 296 g/mol. The molecule has 0 aliphatic rings. The predicted octanol–water partition coefficient (Wildman–Crippen LogP) is 3.41. The molecule has 1 rings (SSSR count). The average Bonchev–Trinajstić information content (AvgIpc) is 2.43. The highest BCUT2D eigenvalue weighted by atomic mass is 17.1. The summed E-state index contributed by atoms with van der Waals surface area (Å²) in [6.45, 7) is 3.89. The quantitative estimate of drug-likeness (QED) is 0.240. The summed E-state index contributed by atoms with van der Waals surface area (Å²) in [4.78, 5) is 15.8. The SMILES string of the molecule is CC(O)CC(C)CCCCC(=O)Oc1cccc(OO)c1.